The second kappa shape index (κ2) is 15.1. The summed E-state index contributed by atoms with van der Waals surface area (Å²) in [6, 6.07) is 15.4. The summed E-state index contributed by atoms with van der Waals surface area (Å²) in [7, 11) is 6.74. The summed E-state index contributed by atoms with van der Waals surface area (Å²) in [5.74, 6) is 3.32. The second-order valence-electron chi connectivity index (χ2n) is 8.89. The molecule has 9 nitrogen and oxygen atoms in total. The molecule has 2 aromatic carbocycles. The molecule has 0 aliphatic carbocycles. The fourth-order valence-corrected chi connectivity index (χ4v) is 3.97. The number of aliphatic hydroxyl groups is 1. The standard InChI is InChI=1S/C29H40N4O5/c1-6-7-13-33(14-15-35-3)28-18-25(21-11-12-26(36-4)27(17-21)37-5)31-29(32-28)22-9-8-10-24(16-22)38-20-23(34)19-30-2/h8-12,16-18,23,30,34H,6-7,13-15,19-20H2,1-5H3. The van der Waals surface area contributed by atoms with Gasteiger partial charge in [0.2, 0.25) is 0 Å². The SMILES string of the molecule is CCCCN(CCOC)c1cc(-c2ccc(OC)c(OC)c2)nc(-c2cccc(OCC(O)CNC)c2)n1. The van der Waals surface area contributed by atoms with Crippen molar-refractivity contribution in [2.75, 3.05) is 66.1 Å². The molecular formula is C29H40N4O5. The predicted molar refractivity (Wildman–Crippen MR) is 150 cm³/mol. The highest BCUT2D eigenvalue weighted by Gasteiger charge is 2.16. The number of likely N-dealkylation sites (N-methyl/N-ethyl adjacent to an activating group) is 1. The number of methoxy groups -OCH3 is 3. The summed E-state index contributed by atoms with van der Waals surface area (Å²) >= 11 is 0. The Bertz CT molecular complexity index is 1140. The first-order valence-corrected chi connectivity index (χ1v) is 12.9. The van der Waals surface area contributed by atoms with E-state index in [0.717, 1.165) is 42.0 Å². The Morgan fingerprint density at radius 2 is 1.76 bits per heavy atom. The number of hydrogen-bond acceptors (Lipinski definition) is 9. The van der Waals surface area contributed by atoms with Crippen LogP contribution in [0.2, 0.25) is 0 Å². The Labute approximate surface area is 225 Å². The minimum Gasteiger partial charge on any atom is -0.493 e. The van der Waals surface area contributed by atoms with Crippen LogP contribution in [0.3, 0.4) is 0 Å². The van der Waals surface area contributed by atoms with E-state index in [9.17, 15) is 5.11 Å². The predicted octanol–water partition coefficient (Wildman–Crippen LogP) is 4.04. The molecule has 0 spiro atoms. The molecule has 0 radical (unpaired) electrons. The van der Waals surface area contributed by atoms with Crippen LogP contribution in [-0.4, -0.2) is 82.4 Å². The summed E-state index contributed by atoms with van der Waals surface area (Å²) in [4.78, 5) is 12.1. The van der Waals surface area contributed by atoms with E-state index >= 15 is 0 Å². The van der Waals surface area contributed by atoms with Gasteiger partial charge < -0.3 is 34.3 Å². The highest BCUT2D eigenvalue weighted by atomic mass is 16.5. The van der Waals surface area contributed by atoms with Crippen LogP contribution in [0.1, 0.15) is 19.8 Å². The van der Waals surface area contributed by atoms with E-state index in [1.807, 2.05) is 48.5 Å². The lowest BCUT2D eigenvalue weighted by atomic mass is 10.1. The van der Waals surface area contributed by atoms with Crippen molar-refractivity contribution in [3.05, 3.63) is 48.5 Å². The van der Waals surface area contributed by atoms with Crippen molar-refractivity contribution in [3.8, 4) is 39.9 Å². The first-order chi connectivity index (χ1) is 18.5. The Balaban J connectivity index is 2.06. The average molecular weight is 525 g/mol. The molecule has 38 heavy (non-hydrogen) atoms. The number of nitrogens with one attached hydrogen (secondary N) is 1. The molecule has 3 rings (SSSR count). The molecule has 0 aliphatic rings. The van der Waals surface area contributed by atoms with Crippen molar-refractivity contribution in [2.45, 2.75) is 25.9 Å². The molecule has 1 aromatic heterocycles. The topological polar surface area (TPSA) is 98.2 Å². The third kappa shape index (κ3) is 8.05. The molecule has 0 bridgehead atoms. The molecular weight excluding hydrogens is 484 g/mol. The maximum atomic E-state index is 10.0. The summed E-state index contributed by atoms with van der Waals surface area (Å²) in [5, 5.41) is 13.0. The van der Waals surface area contributed by atoms with Gasteiger partial charge in [0, 0.05) is 43.9 Å². The van der Waals surface area contributed by atoms with E-state index in [1.54, 1.807) is 28.4 Å². The lowest BCUT2D eigenvalue weighted by Gasteiger charge is -2.24. The Hall–Kier alpha value is -3.40. The Kier molecular flexibility index (Phi) is 11.6. The number of benzene rings is 2. The van der Waals surface area contributed by atoms with Gasteiger partial charge in [-0.2, -0.15) is 0 Å². The fourth-order valence-electron chi connectivity index (χ4n) is 3.97. The first-order valence-electron chi connectivity index (χ1n) is 12.9. The monoisotopic (exact) mass is 524 g/mol. The normalized spacial score (nSPS) is 11.7. The largest absolute Gasteiger partial charge is 0.493 e. The average Bonchev–Trinajstić information content (AvgIpc) is 2.95. The number of hydrogen-bond donors (Lipinski definition) is 2. The molecule has 206 valence electrons. The molecule has 0 fully saturated rings. The van der Waals surface area contributed by atoms with Gasteiger partial charge in [0.1, 0.15) is 24.3 Å². The zero-order valence-electron chi connectivity index (χ0n) is 23.1. The molecule has 3 aromatic rings. The van der Waals surface area contributed by atoms with Crippen molar-refractivity contribution in [3.63, 3.8) is 0 Å². The van der Waals surface area contributed by atoms with Gasteiger partial charge in [0.25, 0.3) is 0 Å². The van der Waals surface area contributed by atoms with Gasteiger partial charge in [0.05, 0.1) is 26.5 Å². The summed E-state index contributed by atoms with van der Waals surface area (Å²) in [5.41, 5.74) is 2.47. The van der Waals surface area contributed by atoms with Crippen LogP contribution < -0.4 is 24.4 Å². The van der Waals surface area contributed by atoms with E-state index in [2.05, 4.69) is 17.1 Å². The van der Waals surface area contributed by atoms with Crippen LogP contribution in [0.4, 0.5) is 5.82 Å². The molecule has 0 saturated carbocycles. The van der Waals surface area contributed by atoms with Gasteiger partial charge in [-0.1, -0.05) is 25.5 Å². The molecule has 1 heterocycles. The highest BCUT2D eigenvalue weighted by molar-refractivity contribution is 5.70. The van der Waals surface area contributed by atoms with Crippen molar-refractivity contribution < 1.29 is 24.1 Å². The van der Waals surface area contributed by atoms with Crippen LogP contribution in [0.25, 0.3) is 22.6 Å². The maximum Gasteiger partial charge on any atom is 0.162 e. The quantitative estimate of drug-likeness (QED) is 0.288. The third-order valence-corrected chi connectivity index (χ3v) is 6.04. The number of aliphatic hydroxyl groups excluding tert-OH is 1. The van der Waals surface area contributed by atoms with Gasteiger partial charge in [-0.05, 0) is 43.8 Å². The third-order valence-electron chi connectivity index (χ3n) is 6.04. The van der Waals surface area contributed by atoms with Crippen molar-refractivity contribution in [1.82, 2.24) is 15.3 Å². The van der Waals surface area contributed by atoms with E-state index in [4.69, 9.17) is 28.9 Å². The van der Waals surface area contributed by atoms with Gasteiger partial charge in [-0.3, -0.25) is 0 Å². The molecule has 2 N–H and O–H groups in total. The number of nitrogens with zero attached hydrogens (tertiary/aromatic N) is 3. The lowest BCUT2D eigenvalue weighted by molar-refractivity contribution is 0.108. The van der Waals surface area contributed by atoms with Crippen molar-refractivity contribution >= 4 is 5.82 Å². The zero-order chi connectivity index (χ0) is 27.3. The van der Waals surface area contributed by atoms with Crippen LogP contribution in [-0.2, 0) is 4.74 Å². The van der Waals surface area contributed by atoms with E-state index < -0.39 is 6.10 Å². The van der Waals surface area contributed by atoms with E-state index in [0.29, 0.717) is 42.8 Å². The van der Waals surface area contributed by atoms with Gasteiger partial charge in [-0.25, -0.2) is 9.97 Å². The van der Waals surface area contributed by atoms with Gasteiger partial charge in [0.15, 0.2) is 17.3 Å². The highest BCUT2D eigenvalue weighted by Crippen LogP contribution is 2.34. The number of unbranched alkanes of at least 4 members (excludes halogenated alkanes) is 1. The maximum absolute atomic E-state index is 10.0. The van der Waals surface area contributed by atoms with Crippen LogP contribution in [0, 0.1) is 0 Å². The van der Waals surface area contributed by atoms with E-state index in [-0.39, 0.29) is 6.61 Å². The smallest absolute Gasteiger partial charge is 0.162 e. The zero-order valence-corrected chi connectivity index (χ0v) is 23.1. The van der Waals surface area contributed by atoms with Crippen LogP contribution in [0.5, 0.6) is 17.2 Å². The summed E-state index contributed by atoms with van der Waals surface area (Å²) in [6.45, 7) is 4.97. The molecule has 1 atom stereocenters. The molecule has 9 heteroatoms. The number of anilines is 1. The Morgan fingerprint density at radius 3 is 2.47 bits per heavy atom. The van der Waals surface area contributed by atoms with Crippen molar-refractivity contribution in [2.24, 2.45) is 0 Å². The van der Waals surface area contributed by atoms with Crippen molar-refractivity contribution in [1.29, 1.82) is 0 Å². The van der Waals surface area contributed by atoms with Gasteiger partial charge in [-0.15, -0.1) is 0 Å². The number of rotatable bonds is 16. The molecule has 0 aliphatic heterocycles. The summed E-state index contributed by atoms with van der Waals surface area (Å²) < 4.78 is 22.2. The Morgan fingerprint density at radius 1 is 0.947 bits per heavy atom. The number of ether oxygens (including phenoxy) is 4. The van der Waals surface area contributed by atoms with Crippen LogP contribution >= 0.6 is 0 Å². The minimum atomic E-state index is -0.604. The fraction of sp³-hybridized carbons (Fsp3) is 0.448. The molecule has 0 amide bonds. The van der Waals surface area contributed by atoms with Gasteiger partial charge >= 0.3 is 0 Å². The first kappa shape index (κ1) is 29.2. The second-order valence-corrected chi connectivity index (χ2v) is 8.89. The molecule has 1 unspecified atom stereocenters. The van der Waals surface area contributed by atoms with E-state index in [1.165, 1.54) is 0 Å². The van der Waals surface area contributed by atoms with Crippen LogP contribution in [0.15, 0.2) is 48.5 Å². The minimum absolute atomic E-state index is 0.184. The lowest BCUT2D eigenvalue weighted by Crippen LogP contribution is -2.29. The number of aromatic nitrogens is 2. The summed E-state index contributed by atoms with van der Waals surface area (Å²) in [6.07, 6.45) is 1.50. The molecule has 0 saturated heterocycles.